The smallest absolute Gasteiger partial charge is 0.410 e. The average Bonchev–Trinajstić information content (AvgIpc) is 3.35. The van der Waals surface area contributed by atoms with Crippen LogP contribution >= 0.6 is 0 Å². The standard InChI is InChI=1S/C20H31NO6/c1-9-13-15-14(25-18(5,23-7)19(6,24-8)26-15)12-21(20(13)10-11-20)16(22)27-17(2,3)4/h1,13-15H,10-12H2,2-8H3/t13-,14-,15-,18+,19+/m1/s1. The van der Waals surface area contributed by atoms with Crippen LogP contribution in [0, 0.1) is 18.3 Å². The van der Waals surface area contributed by atoms with Crippen LogP contribution in [0.15, 0.2) is 0 Å². The Bertz CT molecular complexity index is 648. The Morgan fingerprint density at radius 2 is 1.70 bits per heavy atom. The van der Waals surface area contributed by atoms with Crippen molar-refractivity contribution in [2.45, 2.75) is 82.4 Å². The van der Waals surface area contributed by atoms with Crippen LogP contribution in [-0.4, -0.2) is 66.7 Å². The molecule has 1 aliphatic carbocycles. The summed E-state index contributed by atoms with van der Waals surface area (Å²) in [7, 11) is 3.09. The van der Waals surface area contributed by atoms with E-state index in [0.717, 1.165) is 12.8 Å². The fourth-order valence-electron chi connectivity index (χ4n) is 4.16. The van der Waals surface area contributed by atoms with Crippen LogP contribution in [0.3, 0.4) is 0 Å². The molecule has 7 heteroatoms. The monoisotopic (exact) mass is 381 g/mol. The fourth-order valence-corrected chi connectivity index (χ4v) is 4.16. The fraction of sp³-hybridized carbons (Fsp3) is 0.850. The van der Waals surface area contributed by atoms with Crippen LogP contribution in [0.4, 0.5) is 4.79 Å². The number of amides is 1. The van der Waals surface area contributed by atoms with Crippen molar-refractivity contribution in [1.82, 2.24) is 4.90 Å². The number of ether oxygens (including phenoxy) is 5. The molecule has 27 heavy (non-hydrogen) atoms. The Labute approximate surface area is 161 Å². The largest absolute Gasteiger partial charge is 0.444 e. The van der Waals surface area contributed by atoms with E-state index in [0.29, 0.717) is 6.54 Å². The molecule has 3 fully saturated rings. The molecule has 2 heterocycles. The molecule has 0 radical (unpaired) electrons. The number of carbonyl (C=O) groups excluding carboxylic acids is 1. The van der Waals surface area contributed by atoms with Crippen LogP contribution in [0.5, 0.6) is 0 Å². The van der Waals surface area contributed by atoms with Gasteiger partial charge in [-0.05, 0) is 47.5 Å². The molecule has 2 saturated heterocycles. The number of fused-ring (bicyclic) bond motifs is 1. The second-order valence-electron chi connectivity index (χ2n) is 8.88. The molecule has 1 amide bonds. The van der Waals surface area contributed by atoms with E-state index >= 15 is 0 Å². The zero-order valence-electron chi connectivity index (χ0n) is 17.3. The molecule has 2 aliphatic heterocycles. The van der Waals surface area contributed by atoms with Gasteiger partial charge in [-0.3, -0.25) is 4.90 Å². The molecular weight excluding hydrogens is 350 g/mol. The quantitative estimate of drug-likeness (QED) is 0.685. The summed E-state index contributed by atoms with van der Waals surface area (Å²) in [6, 6.07) is 0. The van der Waals surface area contributed by atoms with Gasteiger partial charge in [0.2, 0.25) is 11.6 Å². The molecule has 1 saturated carbocycles. The van der Waals surface area contributed by atoms with Crippen molar-refractivity contribution in [2.75, 3.05) is 20.8 Å². The minimum Gasteiger partial charge on any atom is -0.444 e. The highest BCUT2D eigenvalue weighted by Crippen LogP contribution is 2.56. The highest BCUT2D eigenvalue weighted by molar-refractivity contribution is 5.70. The third-order valence-electron chi connectivity index (χ3n) is 6.07. The lowest BCUT2D eigenvalue weighted by Gasteiger charge is -2.57. The molecule has 1 spiro atoms. The second-order valence-corrected chi connectivity index (χ2v) is 8.88. The van der Waals surface area contributed by atoms with E-state index in [-0.39, 0.29) is 12.0 Å². The first kappa shape index (κ1) is 20.4. The van der Waals surface area contributed by atoms with Crippen molar-refractivity contribution in [3.63, 3.8) is 0 Å². The summed E-state index contributed by atoms with van der Waals surface area (Å²) in [4.78, 5) is 14.6. The molecule has 0 aromatic rings. The van der Waals surface area contributed by atoms with Crippen molar-refractivity contribution in [3.8, 4) is 12.3 Å². The van der Waals surface area contributed by atoms with Crippen molar-refractivity contribution in [2.24, 2.45) is 5.92 Å². The van der Waals surface area contributed by atoms with E-state index in [2.05, 4.69) is 5.92 Å². The zero-order chi connectivity index (χ0) is 20.3. The summed E-state index contributed by atoms with van der Waals surface area (Å²) in [6.45, 7) is 9.42. The summed E-state index contributed by atoms with van der Waals surface area (Å²) in [5, 5.41) is 0. The average molecular weight is 381 g/mol. The zero-order valence-corrected chi connectivity index (χ0v) is 17.3. The Kier molecular flexibility index (Phi) is 4.80. The lowest BCUT2D eigenvalue weighted by molar-refractivity contribution is -0.456. The van der Waals surface area contributed by atoms with Crippen LogP contribution in [0.1, 0.15) is 47.5 Å². The van der Waals surface area contributed by atoms with Gasteiger partial charge in [0, 0.05) is 14.2 Å². The number of rotatable bonds is 2. The summed E-state index contributed by atoms with van der Waals surface area (Å²) >= 11 is 0. The number of carbonyl (C=O) groups is 1. The summed E-state index contributed by atoms with van der Waals surface area (Å²) < 4.78 is 29.5. The van der Waals surface area contributed by atoms with Gasteiger partial charge < -0.3 is 23.7 Å². The Morgan fingerprint density at radius 3 is 2.15 bits per heavy atom. The summed E-state index contributed by atoms with van der Waals surface area (Å²) in [5.41, 5.74) is -1.04. The lowest BCUT2D eigenvalue weighted by Crippen LogP contribution is -2.72. The number of nitrogens with zero attached hydrogens (tertiary/aromatic N) is 1. The van der Waals surface area contributed by atoms with Crippen molar-refractivity contribution >= 4 is 6.09 Å². The molecule has 0 N–H and O–H groups in total. The Hall–Kier alpha value is -1.33. The van der Waals surface area contributed by atoms with Crippen LogP contribution in [-0.2, 0) is 23.7 Å². The SMILES string of the molecule is C#C[C@@H]1[C@H]2O[C@](C)(OC)[C@@](C)(OC)O[C@@H]2CN(C(=O)OC(C)(C)C)C12CC2. The van der Waals surface area contributed by atoms with E-state index < -0.39 is 34.9 Å². The van der Waals surface area contributed by atoms with E-state index in [1.54, 1.807) is 25.9 Å². The van der Waals surface area contributed by atoms with Gasteiger partial charge in [0.15, 0.2) is 0 Å². The number of methoxy groups -OCH3 is 2. The van der Waals surface area contributed by atoms with E-state index in [4.69, 9.17) is 30.1 Å². The predicted octanol–water partition coefficient (Wildman–Crippen LogP) is 2.53. The van der Waals surface area contributed by atoms with Gasteiger partial charge >= 0.3 is 6.09 Å². The van der Waals surface area contributed by atoms with E-state index in [9.17, 15) is 4.79 Å². The molecule has 0 aromatic carbocycles. The Morgan fingerprint density at radius 1 is 1.15 bits per heavy atom. The number of hydrogen-bond acceptors (Lipinski definition) is 6. The second kappa shape index (κ2) is 6.35. The van der Waals surface area contributed by atoms with Crippen molar-refractivity contribution in [3.05, 3.63) is 0 Å². The first-order valence-corrected chi connectivity index (χ1v) is 9.38. The van der Waals surface area contributed by atoms with Crippen molar-refractivity contribution in [1.29, 1.82) is 0 Å². The first-order chi connectivity index (χ1) is 12.5. The molecule has 5 atom stereocenters. The predicted molar refractivity (Wildman–Crippen MR) is 97.8 cm³/mol. The van der Waals surface area contributed by atoms with Gasteiger partial charge in [-0.2, -0.15) is 0 Å². The minimum atomic E-state index is -1.14. The number of piperidine rings is 1. The van der Waals surface area contributed by atoms with Crippen LogP contribution in [0.2, 0.25) is 0 Å². The maximum atomic E-state index is 12.9. The summed E-state index contributed by atoms with van der Waals surface area (Å²) in [6.07, 6.45) is 6.33. The van der Waals surface area contributed by atoms with Gasteiger partial charge in [-0.25, -0.2) is 4.79 Å². The highest BCUT2D eigenvalue weighted by Gasteiger charge is 2.68. The molecule has 3 aliphatic rings. The molecule has 0 unspecified atom stereocenters. The molecular formula is C20H31NO6. The molecule has 7 nitrogen and oxygen atoms in total. The number of hydrogen-bond donors (Lipinski definition) is 0. The van der Waals surface area contributed by atoms with Crippen LogP contribution in [0.25, 0.3) is 0 Å². The highest BCUT2D eigenvalue weighted by atomic mass is 16.8. The van der Waals surface area contributed by atoms with Gasteiger partial charge in [0.1, 0.15) is 17.8 Å². The minimum absolute atomic E-state index is 0.320. The first-order valence-electron chi connectivity index (χ1n) is 9.38. The van der Waals surface area contributed by atoms with E-state index in [1.165, 1.54) is 7.11 Å². The molecule has 0 aromatic heterocycles. The normalized spacial score (nSPS) is 40.2. The summed E-state index contributed by atoms with van der Waals surface area (Å²) in [5.74, 6) is 0.274. The maximum absolute atomic E-state index is 12.9. The third kappa shape index (κ3) is 3.13. The number of likely N-dealkylation sites (tertiary alicyclic amines) is 1. The third-order valence-corrected chi connectivity index (χ3v) is 6.07. The van der Waals surface area contributed by atoms with Crippen molar-refractivity contribution < 1.29 is 28.5 Å². The van der Waals surface area contributed by atoms with Gasteiger partial charge in [0.25, 0.3) is 0 Å². The number of terminal acetylenes is 1. The van der Waals surface area contributed by atoms with Gasteiger partial charge in [-0.1, -0.05) is 5.92 Å². The van der Waals surface area contributed by atoms with Crippen LogP contribution < -0.4 is 0 Å². The Balaban J connectivity index is 1.93. The van der Waals surface area contributed by atoms with Gasteiger partial charge in [0.05, 0.1) is 18.0 Å². The molecule has 0 bridgehead atoms. The van der Waals surface area contributed by atoms with Gasteiger partial charge in [-0.15, -0.1) is 6.42 Å². The molecule has 3 rings (SSSR count). The lowest BCUT2D eigenvalue weighted by atomic mass is 9.81. The van der Waals surface area contributed by atoms with E-state index in [1.807, 2.05) is 20.8 Å². The topological polar surface area (TPSA) is 66.5 Å². The molecule has 152 valence electrons. The maximum Gasteiger partial charge on any atom is 0.410 e.